The first kappa shape index (κ1) is 8.44. The summed E-state index contributed by atoms with van der Waals surface area (Å²) in [6.45, 7) is 1.57. The second-order valence-corrected chi connectivity index (χ2v) is 3.19. The normalized spacial score (nSPS) is 18.8. The molecule has 2 rings (SSSR count). The number of rotatable bonds is 1. The van der Waals surface area contributed by atoms with Crippen LogP contribution in [0.3, 0.4) is 0 Å². The van der Waals surface area contributed by atoms with E-state index >= 15 is 0 Å². The standard InChI is InChI=1S/C9H12N2O2/c12-9-5-8(10-6-11-9)7-1-3-13-4-2-7/h5-7H,1-4H2,(H,10,11,12). The molecule has 1 N–H and O–H groups in total. The Morgan fingerprint density at radius 1 is 1.31 bits per heavy atom. The van der Waals surface area contributed by atoms with Gasteiger partial charge in [0.05, 0.1) is 5.69 Å². The van der Waals surface area contributed by atoms with Gasteiger partial charge in [0.2, 0.25) is 5.88 Å². The molecule has 1 fully saturated rings. The lowest BCUT2D eigenvalue weighted by Crippen LogP contribution is -2.15. The van der Waals surface area contributed by atoms with Crippen LogP contribution in [0.25, 0.3) is 0 Å². The molecule has 1 aromatic heterocycles. The van der Waals surface area contributed by atoms with E-state index in [4.69, 9.17) is 9.84 Å². The van der Waals surface area contributed by atoms with Crippen LogP contribution in [0, 0.1) is 0 Å². The smallest absolute Gasteiger partial charge is 0.214 e. The highest BCUT2D eigenvalue weighted by molar-refractivity contribution is 5.15. The van der Waals surface area contributed by atoms with Crippen molar-refractivity contribution in [2.45, 2.75) is 18.8 Å². The zero-order valence-electron chi connectivity index (χ0n) is 7.31. The topological polar surface area (TPSA) is 55.2 Å². The van der Waals surface area contributed by atoms with Gasteiger partial charge in [0.15, 0.2) is 0 Å². The summed E-state index contributed by atoms with van der Waals surface area (Å²) in [7, 11) is 0. The second kappa shape index (κ2) is 3.70. The van der Waals surface area contributed by atoms with E-state index < -0.39 is 0 Å². The molecule has 2 heterocycles. The molecule has 70 valence electrons. The quantitative estimate of drug-likeness (QED) is 0.702. The van der Waals surface area contributed by atoms with Gasteiger partial charge in [0.25, 0.3) is 0 Å². The van der Waals surface area contributed by atoms with Crippen LogP contribution in [0.1, 0.15) is 24.5 Å². The highest BCUT2D eigenvalue weighted by Crippen LogP contribution is 2.25. The fraction of sp³-hybridized carbons (Fsp3) is 0.556. The van der Waals surface area contributed by atoms with E-state index in [0.717, 1.165) is 31.7 Å². The molecule has 0 aliphatic carbocycles. The molecule has 4 nitrogen and oxygen atoms in total. The van der Waals surface area contributed by atoms with E-state index in [1.165, 1.54) is 6.33 Å². The number of ether oxygens (including phenoxy) is 1. The Labute approximate surface area is 76.6 Å². The molecule has 1 aliphatic rings. The Bertz CT molecular complexity index is 285. The van der Waals surface area contributed by atoms with Gasteiger partial charge in [-0.05, 0) is 12.8 Å². The minimum Gasteiger partial charge on any atom is -0.493 e. The lowest BCUT2D eigenvalue weighted by Gasteiger charge is -2.21. The van der Waals surface area contributed by atoms with Gasteiger partial charge >= 0.3 is 0 Å². The lowest BCUT2D eigenvalue weighted by molar-refractivity contribution is 0.0844. The number of aromatic hydroxyl groups is 1. The van der Waals surface area contributed by atoms with Crippen LogP contribution >= 0.6 is 0 Å². The maximum Gasteiger partial charge on any atom is 0.214 e. The predicted molar refractivity (Wildman–Crippen MR) is 46.5 cm³/mol. The molecule has 0 bridgehead atoms. The summed E-state index contributed by atoms with van der Waals surface area (Å²) in [5.74, 6) is 0.471. The SMILES string of the molecule is Oc1cc(C2CCOCC2)ncn1. The van der Waals surface area contributed by atoms with Crippen molar-refractivity contribution in [2.75, 3.05) is 13.2 Å². The number of hydrogen-bond donors (Lipinski definition) is 1. The van der Waals surface area contributed by atoms with E-state index in [9.17, 15) is 0 Å². The minimum absolute atomic E-state index is 0.0523. The average Bonchev–Trinajstić information content (AvgIpc) is 2.19. The van der Waals surface area contributed by atoms with E-state index in [1.54, 1.807) is 6.07 Å². The van der Waals surface area contributed by atoms with E-state index in [1.807, 2.05) is 0 Å². The van der Waals surface area contributed by atoms with Crippen molar-refractivity contribution in [1.29, 1.82) is 0 Å². The molecule has 13 heavy (non-hydrogen) atoms. The number of hydrogen-bond acceptors (Lipinski definition) is 4. The van der Waals surface area contributed by atoms with Gasteiger partial charge in [-0.3, -0.25) is 0 Å². The van der Waals surface area contributed by atoms with Crippen LogP contribution in [-0.4, -0.2) is 28.3 Å². The predicted octanol–water partition coefficient (Wildman–Crippen LogP) is 1.08. The Morgan fingerprint density at radius 2 is 2.08 bits per heavy atom. The first-order valence-electron chi connectivity index (χ1n) is 4.45. The number of aromatic nitrogens is 2. The van der Waals surface area contributed by atoms with Gasteiger partial charge in [0.1, 0.15) is 6.33 Å². The molecule has 0 amide bonds. The van der Waals surface area contributed by atoms with E-state index in [-0.39, 0.29) is 5.88 Å². The third kappa shape index (κ3) is 1.95. The third-order valence-corrected chi connectivity index (χ3v) is 2.31. The summed E-state index contributed by atoms with van der Waals surface area (Å²) in [6.07, 6.45) is 3.37. The zero-order valence-corrected chi connectivity index (χ0v) is 7.31. The first-order valence-corrected chi connectivity index (χ1v) is 4.45. The number of nitrogens with zero attached hydrogens (tertiary/aromatic N) is 2. The molecule has 1 aliphatic heterocycles. The molecule has 0 saturated carbocycles. The molecule has 1 aromatic rings. The summed E-state index contributed by atoms with van der Waals surface area (Å²) in [5, 5.41) is 9.16. The molecule has 1 saturated heterocycles. The average molecular weight is 180 g/mol. The van der Waals surface area contributed by atoms with Crippen LogP contribution in [-0.2, 0) is 4.74 Å². The summed E-state index contributed by atoms with van der Waals surface area (Å²) in [4.78, 5) is 7.78. The maximum absolute atomic E-state index is 9.16. The summed E-state index contributed by atoms with van der Waals surface area (Å²) in [5.41, 5.74) is 0.927. The zero-order chi connectivity index (χ0) is 9.10. The third-order valence-electron chi connectivity index (χ3n) is 2.31. The molecule has 0 spiro atoms. The van der Waals surface area contributed by atoms with Crippen molar-refractivity contribution in [3.63, 3.8) is 0 Å². The maximum atomic E-state index is 9.16. The van der Waals surface area contributed by atoms with Crippen molar-refractivity contribution < 1.29 is 9.84 Å². The van der Waals surface area contributed by atoms with E-state index in [0.29, 0.717) is 5.92 Å². The molecule has 4 heteroatoms. The van der Waals surface area contributed by atoms with Gasteiger partial charge in [-0.25, -0.2) is 9.97 Å². The summed E-state index contributed by atoms with van der Waals surface area (Å²) >= 11 is 0. The van der Waals surface area contributed by atoms with Crippen molar-refractivity contribution in [3.8, 4) is 5.88 Å². The van der Waals surface area contributed by atoms with Gasteiger partial charge in [-0.2, -0.15) is 0 Å². The van der Waals surface area contributed by atoms with Crippen LogP contribution in [0.15, 0.2) is 12.4 Å². The van der Waals surface area contributed by atoms with Crippen LogP contribution in [0.4, 0.5) is 0 Å². The first-order chi connectivity index (χ1) is 6.36. The van der Waals surface area contributed by atoms with Gasteiger partial charge in [0, 0.05) is 25.2 Å². The van der Waals surface area contributed by atoms with Crippen LogP contribution in [0.5, 0.6) is 5.88 Å². The minimum atomic E-state index is 0.0523. The van der Waals surface area contributed by atoms with Crippen LogP contribution < -0.4 is 0 Å². The molecule has 0 atom stereocenters. The van der Waals surface area contributed by atoms with E-state index in [2.05, 4.69) is 9.97 Å². The van der Waals surface area contributed by atoms with Crippen molar-refractivity contribution >= 4 is 0 Å². The Balaban J connectivity index is 2.14. The monoisotopic (exact) mass is 180 g/mol. The second-order valence-electron chi connectivity index (χ2n) is 3.19. The molecular weight excluding hydrogens is 168 g/mol. The van der Waals surface area contributed by atoms with Crippen LogP contribution in [0.2, 0.25) is 0 Å². The highest BCUT2D eigenvalue weighted by Gasteiger charge is 2.17. The van der Waals surface area contributed by atoms with Gasteiger partial charge in [-0.15, -0.1) is 0 Å². The van der Waals surface area contributed by atoms with Crippen molar-refractivity contribution in [1.82, 2.24) is 9.97 Å². The van der Waals surface area contributed by atoms with Crippen molar-refractivity contribution in [3.05, 3.63) is 18.1 Å². The summed E-state index contributed by atoms with van der Waals surface area (Å²) in [6, 6.07) is 1.63. The van der Waals surface area contributed by atoms with Gasteiger partial charge < -0.3 is 9.84 Å². The highest BCUT2D eigenvalue weighted by atomic mass is 16.5. The molecule has 0 radical (unpaired) electrons. The lowest BCUT2D eigenvalue weighted by atomic mass is 9.96. The largest absolute Gasteiger partial charge is 0.493 e. The Morgan fingerprint density at radius 3 is 2.77 bits per heavy atom. The fourth-order valence-electron chi connectivity index (χ4n) is 1.58. The molecule has 0 aromatic carbocycles. The summed E-state index contributed by atoms with van der Waals surface area (Å²) < 4.78 is 5.25. The molecule has 0 unspecified atom stereocenters. The Hall–Kier alpha value is -1.16. The van der Waals surface area contributed by atoms with Gasteiger partial charge in [-0.1, -0.05) is 0 Å². The fourth-order valence-corrected chi connectivity index (χ4v) is 1.58. The molecular formula is C9H12N2O2. The Kier molecular flexibility index (Phi) is 2.40. The van der Waals surface area contributed by atoms with Crippen molar-refractivity contribution in [2.24, 2.45) is 0 Å².